The molecule has 5 heteroatoms. The van der Waals surface area contributed by atoms with E-state index >= 15 is 0 Å². The van der Waals surface area contributed by atoms with Crippen LogP contribution in [0.15, 0.2) is 36.4 Å². The van der Waals surface area contributed by atoms with Gasteiger partial charge >= 0.3 is 0 Å². The number of fused-ring (bicyclic) bond motifs is 1. The van der Waals surface area contributed by atoms with Crippen molar-refractivity contribution in [3.63, 3.8) is 0 Å². The fourth-order valence-corrected chi connectivity index (χ4v) is 4.42. The van der Waals surface area contributed by atoms with Crippen LogP contribution >= 0.6 is 11.6 Å². The molecule has 0 radical (unpaired) electrons. The first-order valence-corrected chi connectivity index (χ1v) is 10.2. The van der Waals surface area contributed by atoms with Gasteiger partial charge in [-0.2, -0.15) is 0 Å². The third-order valence-corrected chi connectivity index (χ3v) is 6.00. The second-order valence-electron chi connectivity index (χ2n) is 9.02. The van der Waals surface area contributed by atoms with Gasteiger partial charge in [0.05, 0.1) is 17.3 Å². The molecule has 0 aliphatic carbocycles. The molecular weight excluding hydrogens is 370 g/mol. The Balaban J connectivity index is 1.56. The normalized spacial score (nSPS) is 18.2. The molecule has 1 fully saturated rings. The monoisotopic (exact) mass is 397 g/mol. The van der Waals surface area contributed by atoms with Crippen molar-refractivity contribution in [3.8, 4) is 11.1 Å². The predicted octanol–water partition coefficient (Wildman–Crippen LogP) is 4.47. The zero-order valence-electron chi connectivity index (χ0n) is 17.1. The van der Waals surface area contributed by atoms with Gasteiger partial charge in [0.25, 0.3) is 5.91 Å². The van der Waals surface area contributed by atoms with E-state index in [1.165, 1.54) is 5.56 Å². The summed E-state index contributed by atoms with van der Waals surface area (Å²) in [6.45, 7) is 11.1. The Labute approximate surface area is 172 Å². The first-order valence-electron chi connectivity index (χ1n) is 9.87. The first kappa shape index (κ1) is 19.4. The molecule has 2 aromatic carbocycles. The lowest BCUT2D eigenvalue weighted by atomic mass is 9.99. The van der Waals surface area contributed by atoms with Gasteiger partial charge in [-0.05, 0) is 62.2 Å². The summed E-state index contributed by atoms with van der Waals surface area (Å²) in [5, 5.41) is 0.549. The van der Waals surface area contributed by atoms with Crippen LogP contribution in [0.3, 0.4) is 0 Å². The molecule has 0 saturated carbocycles. The quantitative estimate of drug-likeness (QED) is 0.764. The number of nitrogens with zero attached hydrogens (tertiary/aromatic N) is 3. The van der Waals surface area contributed by atoms with E-state index in [1.807, 2.05) is 11.0 Å². The lowest BCUT2D eigenvalue weighted by molar-refractivity contribution is 0.0610. The topological polar surface area (TPSA) is 26.8 Å². The largest absolute Gasteiger partial charge is 0.329 e. The summed E-state index contributed by atoms with van der Waals surface area (Å²) in [7, 11) is 2.16. The molecule has 2 aliphatic heterocycles. The first-order chi connectivity index (χ1) is 13.2. The summed E-state index contributed by atoms with van der Waals surface area (Å²) in [5.41, 5.74) is 4.99. The lowest BCUT2D eigenvalue weighted by Gasteiger charge is -2.31. The van der Waals surface area contributed by atoms with E-state index in [0.29, 0.717) is 17.1 Å². The highest BCUT2D eigenvalue weighted by molar-refractivity contribution is 6.34. The molecule has 0 atom stereocenters. The van der Waals surface area contributed by atoms with Crippen LogP contribution in [0.1, 0.15) is 42.3 Å². The van der Waals surface area contributed by atoms with Crippen LogP contribution in [0.4, 0.5) is 0 Å². The van der Waals surface area contributed by atoms with Gasteiger partial charge in [-0.3, -0.25) is 14.6 Å². The third kappa shape index (κ3) is 3.69. The summed E-state index contributed by atoms with van der Waals surface area (Å²) in [6.07, 6.45) is 0. The number of halogens is 1. The number of likely N-dealkylation sites (N-methyl/N-ethyl adjacent to an activating group) is 1. The molecule has 0 bridgehead atoms. The minimum atomic E-state index is -0.217. The minimum absolute atomic E-state index is 0.0324. The Morgan fingerprint density at radius 3 is 2.36 bits per heavy atom. The van der Waals surface area contributed by atoms with E-state index in [1.54, 1.807) is 0 Å². The average molecular weight is 398 g/mol. The van der Waals surface area contributed by atoms with Gasteiger partial charge in [-0.25, -0.2) is 0 Å². The zero-order chi connectivity index (χ0) is 20.1. The van der Waals surface area contributed by atoms with E-state index in [4.69, 9.17) is 11.6 Å². The lowest BCUT2D eigenvalue weighted by Crippen LogP contribution is -2.41. The molecule has 1 saturated heterocycles. The fourth-order valence-electron chi connectivity index (χ4n) is 4.10. The number of carbonyl (C=O) groups excluding carboxylic acids is 1. The van der Waals surface area contributed by atoms with Crippen LogP contribution in [0.5, 0.6) is 0 Å². The molecule has 148 valence electrons. The molecule has 2 aliphatic rings. The molecule has 0 aromatic heterocycles. The Morgan fingerprint density at radius 2 is 1.75 bits per heavy atom. The van der Waals surface area contributed by atoms with Crippen molar-refractivity contribution in [2.24, 2.45) is 0 Å². The van der Waals surface area contributed by atoms with E-state index in [2.05, 4.69) is 68.0 Å². The maximum Gasteiger partial charge on any atom is 0.256 e. The number of benzene rings is 2. The van der Waals surface area contributed by atoms with Crippen molar-refractivity contribution in [1.29, 1.82) is 0 Å². The summed E-state index contributed by atoms with van der Waals surface area (Å²) in [5.74, 6) is 0.0324. The summed E-state index contributed by atoms with van der Waals surface area (Å²) < 4.78 is 0. The van der Waals surface area contributed by atoms with Crippen molar-refractivity contribution in [3.05, 3.63) is 58.1 Å². The number of hydrogen-bond acceptors (Lipinski definition) is 3. The smallest absolute Gasteiger partial charge is 0.256 e. The maximum atomic E-state index is 12.8. The highest BCUT2D eigenvalue weighted by Gasteiger charge is 2.36. The van der Waals surface area contributed by atoms with Gasteiger partial charge in [0.15, 0.2) is 0 Å². The average Bonchev–Trinajstić information content (AvgIpc) is 3.18. The molecule has 1 amide bonds. The summed E-state index contributed by atoms with van der Waals surface area (Å²) in [4.78, 5) is 19.5. The minimum Gasteiger partial charge on any atom is -0.329 e. The van der Waals surface area contributed by atoms with Crippen molar-refractivity contribution in [2.45, 2.75) is 39.4 Å². The van der Waals surface area contributed by atoms with Crippen molar-refractivity contribution < 1.29 is 4.79 Å². The van der Waals surface area contributed by atoms with E-state index < -0.39 is 0 Å². The van der Waals surface area contributed by atoms with Crippen molar-refractivity contribution in [2.75, 3.05) is 26.8 Å². The van der Waals surface area contributed by atoms with Crippen LogP contribution in [0.2, 0.25) is 5.02 Å². The summed E-state index contributed by atoms with van der Waals surface area (Å²) >= 11 is 6.53. The van der Waals surface area contributed by atoms with Crippen molar-refractivity contribution >= 4 is 17.5 Å². The van der Waals surface area contributed by atoms with E-state index in [9.17, 15) is 4.79 Å². The van der Waals surface area contributed by atoms with Gasteiger partial charge in [-0.15, -0.1) is 0 Å². The third-order valence-electron chi connectivity index (χ3n) is 5.70. The van der Waals surface area contributed by atoms with Crippen LogP contribution in [-0.2, 0) is 13.1 Å². The van der Waals surface area contributed by atoms with Gasteiger partial charge in [-0.1, -0.05) is 35.9 Å². The standard InChI is InChI=1S/C23H28ClN3O/c1-23(2,3)27-14-19-11-18(12-20(24)21(19)22(27)28)17-7-5-16(6-8-17)13-26-10-9-25(4)15-26/h5-8,11-12H,9-10,13-15H2,1-4H3. The molecule has 0 N–H and O–H groups in total. The van der Waals surface area contributed by atoms with Crippen molar-refractivity contribution in [1.82, 2.24) is 14.7 Å². The molecule has 2 aromatic rings. The molecule has 0 spiro atoms. The Hall–Kier alpha value is -1.88. The second kappa shape index (κ2) is 7.18. The van der Waals surface area contributed by atoms with Crippen LogP contribution in [0.25, 0.3) is 11.1 Å². The number of hydrogen-bond donors (Lipinski definition) is 0. The number of amides is 1. The van der Waals surface area contributed by atoms with Gasteiger partial charge in [0, 0.05) is 31.7 Å². The van der Waals surface area contributed by atoms with Crippen LogP contribution in [0, 0.1) is 0 Å². The second-order valence-corrected chi connectivity index (χ2v) is 9.43. The Bertz CT molecular complexity index is 901. The van der Waals surface area contributed by atoms with Crippen LogP contribution < -0.4 is 0 Å². The maximum absolute atomic E-state index is 12.8. The predicted molar refractivity (Wildman–Crippen MR) is 114 cm³/mol. The molecule has 28 heavy (non-hydrogen) atoms. The molecule has 4 rings (SSSR count). The van der Waals surface area contributed by atoms with Crippen LogP contribution in [-0.4, -0.2) is 53.0 Å². The Morgan fingerprint density at radius 1 is 1.04 bits per heavy atom. The SMILES string of the molecule is CN1CCN(Cc2ccc(-c3cc(Cl)c4c(c3)CN(C(C)(C)C)C4=O)cc2)C1. The van der Waals surface area contributed by atoms with Gasteiger partial charge in [0.2, 0.25) is 0 Å². The highest BCUT2D eigenvalue weighted by atomic mass is 35.5. The van der Waals surface area contributed by atoms with Gasteiger partial charge in [0.1, 0.15) is 0 Å². The Kier molecular flexibility index (Phi) is 4.98. The number of rotatable bonds is 3. The molecular formula is C23H28ClN3O. The molecule has 2 heterocycles. The van der Waals surface area contributed by atoms with Gasteiger partial charge < -0.3 is 4.90 Å². The molecule has 4 nitrogen and oxygen atoms in total. The fraction of sp³-hybridized carbons (Fsp3) is 0.435. The number of carbonyl (C=O) groups is 1. The van der Waals surface area contributed by atoms with E-state index in [-0.39, 0.29) is 11.4 Å². The molecule has 0 unspecified atom stereocenters. The summed E-state index contributed by atoms with van der Waals surface area (Å²) in [6, 6.07) is 12.8. The zero-order valence-corrected chi connectivity index (χ0v) is 17.9. The highest BCUT2D eigenvalue weighted by Crippen LogP contribution is 2.37. The van der Waals surface area contributed by atoms with E-state index in [0.717, 1.165) is 43.0 Å².